The summed E-state index contributed by atoms with van der Waals surface area (Å²) < 4.78 is 11.3. The number of methoxy groups -OCH3 is 1. The van der Waals surface area contributed by atoms with Crippen LogP contribution in [-0.4, -0.2) is 71.2 Å². The van der Waals surface area contributed by atoms with Gasteiger partial charge in [-0.3, -0.25) is 9.59 Å². The molecular formula is C20H30N4O4. The number of piperidine rings is 1. The molecule has 8 heteroatoms. The maximum atomic E-state index is 12.9. The average molecular weight is 390 g/mol. The van der Waals surface area contributed by atoms with Crippen molar-refractivity contribution in [3.8, 4) is 0 Å². The Kier molecular flexibility index (Phi) is 5.16. The molecule has 3 atom stereocenters. The van der Waals surface area contributed by atoms with Gasteiger partial charge in [0.2, 0.25) is 23.6 Å². The van der Waals surface area contributed by atoms with Crippen LogP contribution in [0.5, 0.6) is 0 Å². The van der Waals surface area contributed by atoms with Gasteiger partial charge >= 0.3 is 0 Å². The predicted molar refractivity (Wildman–Crippen MR) is 100 cm³/mol. The van der Waals surface area contributed by atoms with Crippen LogP contribution in [-0.2, 0) is 14.3 Å². The van der Waals surface area contributed by atoms with E-state index in [2.05, 4.69) is 10.2 Å². The van der Waals surface area contributed by atoms with Gasteiger partial charge in [-0.1, -0.05) is 0 Å². The van der Waals surface area contributed by atoms with Crippen LogP contribution in [0.4, 0.5) is 0 Å². The first-order valence-corrected chi connectivity index (χ1v) is 10.3. The van der Waals surface area contributed by atoms with Gasteiger partial charge < -0.3 is 19.0 Å². The van der Waals surface area contributed by atoms with E-state index in [1.165, 1.54) is 0 Å². The maximum absolute atomic E-state index is 12.9. The fourth-order valence-electron chi connectivity index (χ4n) is 5.10. The second-order valence-corrected chi connectivity index (χ2v) is 8.63. The highest BCUT2D eigenvalue weighted by atomic mass is 16.5. The van der Waals surface area contributed by atoms with Crippen molar-refractivity contribution in [2.24, 2.45) is 11.8 Å². The van der Waals surface area contributed by atoms with E-state index >= 15 is 0 Å². The van der Waals surface area contributed by atoms with Gasteiger partial charge in [-0.2, -0.15) is 0 Å². The molecular weight excluding hydrogens is 360 g/mol. The molecule has 154 valence electrons. The van der Waals surface area contributed by atoms with Crippen LogP contribution in [0.3, 0.4) is 0 Å². The lowest BCUT2D eigenvalue weighted by atomic mass is 9.74. The van der Waals surface area contributed by atoms with E-state index in [1.807, 2.05) is 11.9 Å². The summed E-state index contributed by atoms with van der Waals surface area (Å²) in [6, 6.07) is 0. The van der Waals surface area contributed by atoms with Crippen molar-refractivity contribution in [1.82, 2.24) is 20.0 Å². The van der Waals surface area contributed by atoms with Crippen molar-refractivity contribution in [3.05, 3.63) is 11.8 Å². The number of hydrogen-bond acceptors (Lipinski definition) is 6. The zero-order chi connectivity index (χ0) is 19.9. The first-order chi connectivity index (χ1) is 13.4. The lowest BCUT2D eigenvalue weighted by molar-refractivity contribution is -0.144. The Balaban J connectivity index is 1.49. The SMILES string of the molecule is COC1(CC(=O)N2CC[C@@H]3C(=O)N(C)CC(c4nnc(C)o4)[C@@H]3CC2)CCC1. The fourth-order valence-corrected chi connectivity index (χ4v) is 5.10. The number of likely N-dealkylation sites (tertiary alicyclic amines) is 2. The van der Waals surface area contributed by atoms with Crippen LogP contribution < -0.4 is 0 Å². The van der Waals surface area contributed by atoms with Crippen LogP contribution in [0.15, 0.2) is 4.42 Å². The van der Waals surface area contributed by atoms with Crippen LogP contribution >= 0.6 is 0 Å². The van der Waals surface area contributed by atoms with Crippen LogP contribution in [0.25, 0.3) is 0 Å². The molecule has 1 saturated carbocycles. The van der Waals surface area contributed by atoms with E-state index in [9.17, 15) is 9.59 Å². The van der Waals surface area contributed by atoms with Crippen molar-refractivity contribution in [2.75, 3.05) is 33.8 Å². The molecule has 0 bridgehead atoms. The topological polar surface area (TPSA) is 88.8 Å². The molecule has 3 fully saturated rings. The molecule has 1 unspecified atom stereocenters. The second-order valence-electron chi connectivity index (χ2n) is 8.63. The van der Waals surface area contributed by atoms with Gasteiger partial charge in [0.05, 0.1) is 17.9 Å². The van der Waals surface area contributed by atoms with Crippen molar-refractivity contribution in [2.45, 2.75) is 57.0 Å². The van der Waals surface area contributed by atoms with Gasteiger partial charge in [0.1, 0.15) is 0 Å². The Labute approximate surface area is 165 Å². The molecule has 1 aliphatic carbocycles. The minimum atomic E-state index is -0.268. The normalized spacial score (nSPS) is 29.8. The molecule has 2 amide bonds. The number of aryl methyl sites for hydroxylation is 1. The van der Waals surface area contributed by atoms with Crippen molar-refractivity contribution >= 4 is 11.8 Å². The summed E-state index contributed by atoms with van der Waals surface area (Å²) in [7, 11) is 3.54. The van der Waals surface area contributed by atoms with E-state index < -0.39 is 0 Å². The van der Waals surface area contributed by atoms with Crippen molar-refractivity contribution < 1.29 is 18.7 Å². The molecule has 0 radical (unpaired) electrons. The molecule has 8 nitrogen and oxygen atoms in total. The number of nitrogens with zero attached hydrogens (tertiary/aromatic N) is 4. The Morgan fingerprint density at radius 2 is 2.00 bits per heavy atom. The number of fused-ring (bicyclic) bond motifs is 1. The van der Waals surface area contributed by atoms with Gasteiger partial charge in [-0.15, -0.1) is 10.2 Å². The number of carbonyl (C=O) groups is 2. The maximum Gasteiger partial charge on any atom is 0.225 e. The Morgan fingerprint density at radius 1 is 1.25 bits per heavy atom. The highest BCUT2D eigenvalue weighted by Crippen LogP contribution is 2.42. The summed E-state index contributed by atoms with van der Waals surface area (Å²) in [6.45, 7) is 3.66. The third-order valence-corrected chi connectivity index (χ3v) is 7.02. The first-order valence-electron chi connectivity index (χ1n) is 10.3. The third-order valence-electron chi connectivity index (χ3n) is 7.02. The summed E-state index contributed by atoms with van der Waals surface area (Å²) in [4.78, 5) is 29.5. The molecule has 0 spiro atoms. The number of hydrogen-bond donors (Lipinski definition) is 0. The summed E-state index contributed by atoms with van der Waals surface area (Å²) in [5.41, 5.74) is -0.268. The van der Waals surface area contributed by atoms with E-state index in [4.69, 9.17) is 9.15 Å². The summed E-state index contributed by atoms with van der Waals surface area (Å²) in [5, 5.41) is 8.21. The zero-order valence-corrected chi connectivity index (χ0v) is 17.0. The van der Waals surface area contributed by atoms with Gasteiger partial charge in [0, 0.05) is 46.6 Å². The molecule has 3 heterocycles. The van der Waals surface area contributed by atoms with Gasteiger partial charge in [0.15, 0.2) is 0 Å². The lowest BCUT2D eigenvalue weighted by Crippen LogP contribution is -2.47. The number of amides is 2. The fraction of sp³-hybridized carbons (Fsp3) is 0.800. The summed E-state index contributed by atoms with van der Waals surface area (Å²) in [5.74, 6) is 1.52. The highest BCUT2D eigenvalue weighted by molar-refractivity contribution is 5.81. The van der Waals surface area contributed by atoms with Crippen LogP contribution in [0.2, 0.25) is 0 Å². The minimum Gasteiger partial charge on any atom is -0.425 e. The van der Waals surface area contributed by atoms with Crippen LogP contribution in [0, 0.1) is 18.8 Å². The second kappa shape index (κ2) is 7.46. The number of rotatable bonds is 4. The minimum absolute atomic E-state index is 0.0286. The monoisotopic (exact) mass is 390 g/mol. The van der Waals surface area contributed by atoms with Crippen LogP contribution in [0.1, 0.15) is 56.2 Å². The van der Waals surface area contributed by atoms with Crippen molar-refractivity contribution in [3.63, 3.8) is 0 Å². The standard InChI is InChI=1S/C20H30N4O4/c1-13-21-22-18(28-13)16-12-23(2)19(26)15-6-10-24(9-5-14(15)16)17(25)11-20(27-3)7-4-8-20/h14-16H,4-12H2,1-3H3/t14-,15+,16?/m1/s1. The third kappa shape index (κ3) is 3.43. The molecule has 0 aromatic carbocycles. The Morgan fingerprint density at radius 3 is 2.61 bits per heavy atom. The van der Waals surface area contributed by atoms with Gasteiger partial charge in [-0.05, 0) is 38.0 Å². The first kappa shape index (κ1) is 19.4. The molecule has 2 aliphatic heterocycles. The smallest absolute Gasteiger partial charge is 0.225 e. The van der Waals surface area contributed by atoms with E-state index in [-0.39, 0.29) is 35.2 Å². The van der Waals surface area contributed by atoms with Gasteiger partial charge in [0.25, 0.3) is 0 Å². The van der Waals surface area contributed by atoms with E-state index in [0.29, 0.717) is 44.3 Å². The number of carbonyl (C=O) groups excluding carboxylic acids is 2. The quantitative estimate of drug-likeness (QED) is 0.778. The zero-order valence-electron chi connectivity index (χ0n) is 17.0. The van der Waals surface area contributed by atoms with Gasteiger partial charge in [-0.25, -0.2) is 0 Å². The largest absolute Gasteiger partial charge is 0.425 e. The average Bonchev–Trinajstić information content (AvgIpc) is 2.95. The molecule has 1 aromatic rings. The summed E-state index contributed by atoms with van der Waals surface area (Å²) >= 11 is 0. The Hall–Kier alpha value is -1.96. The molecule has 3 aliphatic rings. The Bertz CT molecular complexity index is 739. The van der Waals surface area contributed by atoms with E-state index in [0.717, 1.165) is 25.7 Å². The number of likely N-dealkylation sites (N-methyl/N-ethyl adjacent to an activating group) is 1. The molecule has 0 N–H and O–H groups in total. The highest BCUT2D eigenvalue weighted by Gasteiger charge is 2.46. The lowest BCUT2D eigenvalue weighted by Gasteiger charge is -2.41. The van der Waals surface area contributed by atoms with E-state index in [1.54, 1.807) is 18.9 Å². The summed E-state index contributed by atoms with van der Waals surface area (Å²) in [6.07, 6.45) is 4.94. The number of ether oxygens (including phenoxy) is 1. The molecule has 28 heavy (non-hydrogen) atoms. The number of aromatic nitrogens is 2. The molecule has 4 rings (SSSR count). The molecule has 1 aromatic heterocycles. The van der Waals surface area contributed by atoms with Crippen molar-refractivity contribution in [1.29, 1.82) is 0 Å². The predicted octanol–water partition coefficient (Wildman–Crippen LogP) is 1.75. The molecule has 2 saturated heterocycles.